The van der Waals surface area contributed by atoms with Gasteiger partial charge in [-0.3, -0.25) is 0 Å². The van der Waals surface area contributed by atoms with Crippen molar-refractivity contribution in [3.63, 3.8) is 0 Å². The number of methoxy groups -OCH3 is 1. The molecule has 0 saturated heterocycles. The largest absolute Gasteiger partial charge is 0.673 e. The van der Waals surface area contributed by atoms with Crippen LogP contribution in [0.25, 0.3) is 0 Å². The Morgan fingerprint density at radius 2 is 0.920 bits per heavy atom. The SMILES string of the molecule is COc1ccc([CH2][K])cc1.F[B-](F)(F)F.F[B-](F)(F)F.F[B-](F)(F)F. The minimum absolute atomic E-state index is 0.918. The van der Waals surface area contributed by atoms with Gasteiger partial charge >= 0.3 is 119 Å². The molecule has 0 spiro atoms. The first-order valence-corrected chi connectivity index (χ1v) is 8.32. The molecule has 25 heavy (non-hydrogen) atoms. The Balaban J connectivity index is -0.000000279. The molecule has 1 aromatic rings. The minimum atomic E-state index is -6.00. The van der Waals surface area contributed by atoms with Gasteiger partial charge in [0.05, 0.1) is 0 Å². The summed E-state index contributed by atoms with van der Waals surface area (Å²) < 4.78 is 123. The van der Waals surface area contributed by atoms with Gasteiger partial charge in [0, 0.05) is 0 Å². The predicted octanol–water partition coefficient (Wildman–Crippen LogP) is 5.26. The van der Waals surface area contributed by atoms with Crippen LogP contribution in [0.15, 0.2) is 24.3 Å². The third-order valence-corrected chi connectivity index (χ3v) is 2.84. The molecule has 0 radical (unpaired) electrons. The number of ether oxygens (including phenoxy) is 1. The summed E-state index contributed by atoms with van der Waals surface area (Å²) in [6, 6.07) is 8.29. The van der Waals surface area contributed by atoms with Crippen molar-refractivity contribution in [2.75, 3.05) is 7.11 Å². The molecule has 0 aliphatic carbocycles. The summed E-state index contributed by atoms with van der Waals surface area (Å²) in [5, 5.41) is 0. The van der Waals surface area contributed by atoms with Crippen LogP contribution in [0.2, 0.25) is 0 Å². The van der Waals surface area contributed by atoms with E-state index in [4.69, 9.17) is 4.74 Å². The number of benzene rings is 1. The molecule has 0 unspecified atom stereocenters. The molecule has 17 heteroatoms. The van der Waals surface area contributed by atoms with Crippen molar-refractivity contribution in [3.8, 4) is 5.75 Å². The molecule has 0 fully saturated rings. The fourth-order valence-corrected chi connectivity index (χ4v) is 1.60. The molecule has 0 aliphatic rings. The topological polar surface area (TPSA) is 9.23 Å². The number of rotatable bonds is 2. The quantitative estimate of drug-likeness (QED) is 0.468. The fourth-order valence-electron chi connectivity index (χ4n) is 0.861. The summed E-state index contributed by atoms with van der Waals surface area (Å²) in [7, 11) is -16.3. The molecule has 144 valence electrons. The average Bonchev–Trinajstić information content (AvgIpc) is 2.33. The Morgan fingerprint density at radius 1 is 0.680 bits per heavy atom. The number of halogens is 12. The van der Waals surface area contributed by atoms with Crippen molar-refractivity contribution in [1.29, 1.82) is 0 Å². The van der Waals surface area contributed by atoms with Gasteiger partial charge in [-0.2, -0.15) is 0 Å². The summed E-state index contributed by atoms with van der Waals surface area (Å²) in [4.78, 5) is 0. The molecule has 0 saturated carbocycles. The molecule has 1 aromatic carbocycles. The molecular weight excluding hydrogens is 412 g/mol. The van der Waals surface area contributed by atoms with Crippen molar-refractivity contribution < 1.29 is 56.5 Å². The zero-order chi connectivity index (χ0) is 20.9. The van der Waals surface area contributed by atoms with Gasteiger partial charge in [0.15, 0.2) is 0 Å². The molecule has 1 nitrogen and oxygen atoms in total. The first-order valence-electron chi connectivity index (χ1n) is 6.11. The van der Waals surface area contributed by atoms with Crippen molar-refractivity contribution in [2.45, 2.75) is 0.515 Å². The summed E-state index contributed by atoms with van der Waals surface area (Å²) >= 11 is 0.918. The predicted molar refractivity (Wildman–Crippen MR) is 73.0 cm³/mol. The Morgan fingerprint density at radius 3 is 1.08 bits per heavy atom. The van der Waals surface area contributed by atoms with Gasteiger partial charge in [-0.25, -0.2) is 0 Å². The fraction of sp³-hybridized carbons (Fsp3) is 0.250. The van der Waals surface area contributed by atoms with Crippen molar-refractivity contribution in [1.82, 2.24) is 0 Å². The molecule has 0 atom stereocenters. The van der Waals surface area contributed by atoms with Crippen LogP contribution >= 0.6 is 0 Å². The number of hydrogen-bond donors (Lipinski definition) is 0. The van der Waals surface area contributed by atoms with Crippen LogP contribution < -0.4 is 4.74 Å². The van der Waals surface area contributed by atoms with Crippen molar-refractivity contribution in [2.24, 2.45) is 0 Å². The molecule has 0 aliphatic heterocycles. The second-order valence-corrected chi connectivity index (χ2v) is 4.79. The first kappa shape index (κ1) is 29.8. The van der Waals surface area contributed by atoms with Crippen LogP contribution in [0.3, 0.4) is 0 Å². The van der Waals surface area contributed by atoms with E-state index >= 15 is 0 Å². The Bertz CT molecular complexity index is 362. The molecule has 0 N–H and O–H groups in total. The van der Waals surface area contributed by atoms with E-state index in [2.05, 4.69) is 12.1 Å². The monoisotopic (exact) mass is 421 g/mol. The maximum absolute atomic E-state index is 9.75. The smallest absolute Gasteiger partial charge is 0.418 e. The Labute approximate surface area is 169 Å². The van der Waals surface area contributed by atoms with Crippen LogP contribution in [-0.2, 0) is 0.515 Å². The minimum Gasteiger partial charge on any atom is -0.418 e. The van der Waals surface area contributed by atoms with Crippen molar-refractivity contribution >= 4 is 70.7 Å². The van der Waals surface area contributed by atoms with E-state index in [0.717, 1.165) is 54.7 Å². The summed E-state index contributed by atoms with van der Waals surface area (Å²) in [5.74, 6) is 0.949. The normalized spacial score (nSPS) is 11.0. The van der Waals surface area contributed by atoms with E-state index in [1.54, 1.807) is 7.11 Å². The van der Waals surface area contributed by atoms with Gasteiger partial charge in [0.2, 0.25) is 0 Å². The third-order valence-electron chi connectivity index (χ3n) is 1.57. The van der Waals surface area contributed by atoms with E-state index in [-0.39, 0.29) is 0 Å². The van der Waals surface area contributed by atoms with E-state index < -0.39 is 21.8 Å². The van der Waals surface area contributed by atoms with E-state index in [1.165, 1.54) is 6.08 Å². The molecule has 0 aromatic heterocycles. The summed E-state index contributed by atoms with van der Waals surface area (Å²) in [6.45, 7) is 0. The van der Waals surface area contributed by atoms with Gasteiger partial charge in [0.25, 0.3) is 0 Å². The zero-order valence-corrected chi connectivity index (χ0v) is 15.8. The molecule has 0 amide bonds. The van der Waals surface area contributed by atoms with Crippen LogP contribution in [0, 0.1) is 0 Å². The maximum atomic E-state index is 9.75. The Kier molecular flexibility index (Phi) is 16.8. The van der Waals surface area contributed by atoms with Gasteiger partial charge in [-0.15, -0.1) is 0 Å². The third kappa shape index (κ3) is 59.3. The molecule has 0 heterocycles. The Hall–Kier alpha value is 0.0112. The second-order valence-electron chi connectivity index (χ2n) is 3.69. The summed E-state index contributed by atoms with van der Waals surface area (Å²) in [6.07, 6.45) is 0. The second kappa shape index (κ2) is 14.1. The van der Waals surface area contributed by atoms with E-state index in [0.29, 0.717) is 0 Å². The van der Waals surface area contributed by atoms with Crippen LogP contribution in [-0.4, -0.2) is 77.8 Å². The van der Waals surface area contributed by atoms with Gasteiger partial charge in [-0.05, 0) is 0 Å². The number of hydrogen-bond acceptors (Lipinski definition) is 1. The van der Waals surface area contributed by atoms with Gasteiger partial charge in [-0.1, -0.05) is 0 Å². The summed E-state index contributed by atoms with van der Waals surface area (Å²) in [5.41, 5.74) is 1.43. The van der Waals surface area contributed by atoms with Gasteiger partial charge in [0.1, 0.15) is 0 Å². The first-order chi connectivity index (χ1) is 10.9. The van der Waals surface area contributed by atoms with E-state index in [1.807, 2.05) is 12.1 Å². The molecular formula is C8H9B3F12KO-3. The van der Waals surface area contributed by atoms with E-state index in [9.17, 15) is 51.8 Å². The van der Waals surface area contributed by atoms with Crippen LogP contribution in [0.4, 0.5) is 51.8 Å². The zero-order valence-electron chi connectivity index (χ0n) is 12.7. The maximum Gasteiger partial charge on any atom is 0.673 e. The van der Waals surface area contributed by atoms with Crippen LogP contribution in [0.5, 0.6) is 5.75 Å². The van der Waals surface area contributed by atoms with Gasteiger partial charge < -0.3 is 51.8 Å². The molecule has 0 bridgehead atoms. The average molecular weight is 421 g/mol. The van der Waals surface area contributed by atoms with Crippen molar-refractivity contribution in [3.05, 3.63) is 29.8 Å². The van der Waals surface area contributed by atoms with Crippen LogP contribution in [0.1, 0.15) is 5.56 Å². The molecule has 1 rings (SSSR count). The standard InChI is InChI=1S/C8H9O.3BF4.K/c1-7-3-5-8(9-2)6-4-7;3*2-1(3,4)5;/h3-6H,1H2,2H3;;;;/q;3*-1;.